The highest BCUT2D eigenvalue weighted by molar-refractivity contribution is 6.30. The van der Waals surface area contributed by atoms with Crippen LogP contribution in [-0.4, -0.2) is 23.5 Å². The Morgan fingerprint density at radius 2 is 2.11 bits per heavy atom. The van der Waals surface area contributed by atoms with E-state index in [0.717, 1.165) is 38.3 Å². The summed E-state index contributed by atoms with van der Waals surface area (Å²) < 4.78 is 13.4. The Balaban J connectivity index is 1.80. The van der Waals surface area contributed by atoms with Crippen LogP contribution in [-0.2, 0) is 0 Å². The normalized spacial score (nSPS) is 20.9. The zero-order valence-corrected chi connectivity index (χ0v) is 17.2. The maximum atomic E-state index is 13.4. The number of aromatic nitrogens is 1. The summed E-state index contributed by atoms with van der Waals surface area (Å²) in [6, 6.07) is 1.79. The molecule has 1 aromatic heterocycles. The second kappa shape index (κ2) is 10.3. The van der Waals surface area contributed by atoms with Gasteiger partial charge >= 0.3 is 0 Å². The summed E-state index contributed by atoms with van der Waals surface area (Å²) >= 11 is 5.95. The summed E-state index contributed by atoms with van der Waals surface area (Å²) in [5.74, 6) is 0.385. The van der Waals surface area contributed by atoms with Crippen LogP contribution in [0.5, 0.6) is 0 Å². The largest absolute Gasteiger partial charge is 0.386 e. The number of nitrogens with zero attached hydrogens (tertiary/aromatic N) is 1. The van der Waals surface area contributed by atoms with Gasteiger partial charge < -0.3 is 16.4 Å². The van der Waals surface area contributed by atoms with E-state index >= 15 is 0 Å². The number of hydrogen-bond acceptors (Lipinski definition) is 4. The zero-order chi connectivity index (χ0) is 20.7. The van der Waals surface area contributed by atoms with Crippen molar-refractivity contribution in [2.45, 2.75) is 45.6 Å². The van der Waals surface area contributed by atoms with Crippen molar-refractivity contribution in [2.75, 3.05) is 6.54 Å². The lowest BCUT2D eigenvalue weighted by molar-refractivity contribution is 0.0921. The third-order valence-electron chi connectivity index (χ3n) is 5.00. The van der Waals surface area contributed by atoms with E-state index in [-0.39, 0.29) is 17.8 Å². The molecule has 152 valence electrons. The lowest BCUT2D eigenvalue weighted by Crippen LogP contribution is -2.39. The van der Waals surface area contributed by atoms with Crippen molar-refractivity contribution in [3.63, 3.8) is 0 Å². The molecule has 0 saturated heterocycles. The van der Waals surface area contributed by atoms with Crippen LogP contribution in [0.1, 0.15) is 48.7 Å². The van der Waals surface area contributed by atoms with Crippen molar-refractivity contribution in [3.8, 4) is 0 Å². The fraction of sp³-hybridized carbons (Fsp3) is 0.429. The second-order valence-corrected chi connectivity index (χ2v) is 7.63. The van der Waals surface area contributed by atoms with Crippen LogP contribution in [0.3, 0.4) is 0 Å². The molecular formula is C21H28ClFN4O. The fourth-order valence-electron chi connectivity index (χ4n) is 3.29. The Morgan fingerprint density at radius 3 is 2.75 bits per heavy atom. The molecule has 28 heavy (non-hydrogen) atoms. The Hall–Kier alpha value is -2.34. The van der Waals surface area contributed by atoms with Crippen LogP contribution in [0.4, 0.5) is 4.39 Å². The van der Waals surface area contributed by atoms with Crippen molar-refractivity contribution in [1.29, 1.82) is 0 Å². The smallest absolute Gasteiger partial charge is 0.253 e. The molecule has 1 heterocycles. The average molecular weight is 407 g/mol. The van der Waals surface area contributed by atoms with E-state index in [1.807, 2.05) is 0 Å². The molecule has 1 aromatic rings. The molecule has 2 rings (SSSR count). The lowest BCUT2D eigenvalue weighted by atomic mass is 9.86. The van der Waals surface area contributed by atoms with Gasteiger partial charge in [-0.25, -0.2) is 4.39 Å². The van der Waals surface area contributed by atoms with E-state index in [1.165, 1.54) is 6.20 Å². The number of amides is 1. The number of halogens is 2. The number of pyridine rings is 1. The molecule has 1 fully saturated rings. The molecule has 5 nitrogen and oxygen atoms in total. The summed E-state index contributed by atoms with van der Waals surface area (Å²) in [5, 5.41) is 6.69. The van der Waals surface area contributed by atoms with Gasteiger partial charge in [-0.05, 0) is 69.2 Å². The van der Waals surface area contributed by atoms with Crippen molar-refractivity contribution in [2.24, 2.45) is 11.7 Å². The van der Waals surface area contributed by atoms with Gasteiger partial charge in [0, 0.05) is 18.8 Å². The third kappa shape index (κ3) is 6.37. The first-order chi connectivity index (χ1) is 13.3. The highest BCUT2D eigenvalue weighted by Crippen LogP contribution is 2.24. The molecule has 0 unspecified atom stereocenters. The molecule has 1 amide bonds. The first-order valence-corrected chi connectivity index (χ1v) is 9.80. The van der Waals surface area contributed by atoms with Crippen LogP contribution in [0.25, 0.3) is 0 Å². The predicted octanol–water partition coefficient (Wildman–Crippen LogP) is 4.15. The first kappa shape index (κ1) is 22.0. The third-order valence-corrected chi connectivity index (χ3v) is 5.21. The van der Waals surface area contributed by atoms with E-state index in [2.05, 4.69) is 22.2 Å². The molecular weight excluding hydrogens is 379 g/mol. The minimum absolute atomic E-state index is 0.132. The number of hydrogen-bond donors (Lipinski definition) is 3. The molecule has 7 heteroatoms. The minimum Gasteiger partial charge on any atom is -0.386 e. The molecule has 0 atom stereocenters. The fourth-order valence-corrected chi connectivity index (χ4v) is 3.45. The van der Waals surface area contributed by atoms with Crippen LogP contribution in [0, 0.1) is 12.8 Å². The standard InChI is InChI=1S/C21H28ClFN4O/c1-4-19(23)13(2)9-20(24)26-11-15-5-7-17(8-6-15)27-21(28)18-10-16(22)12-25-14(18)3/h4,9-10,12,15,17,26H,1,5-8,11,24H2,2-3H3,(H,27,28)/b19-13+,20-9+/t15-,17-. The Labute approximate surface area is 170 Å². The van der Waals surface area contributed by atoms with E-state index in [1.54, 1.807) is 26.0 Å². The van der Waals surface area contributed by atoms with Gasteiger partial charge in [-0.1, -0.05) is 18.2 Å². The molecule has 1 aliphatic rings. The van der Waals surface area contributed by atoms with E-state index < -0.39 is 0 Å². The highest BCUT2D eigenvalue weighted by atomic mass is 35.5. The van der Waals surface area contributed by atoms with Gasteiger partial charge in [-0.2, -0.15) is 0 Å². The van der Waals surface area contributed by atoms with Gasteiger partial charge in [-0.15, -0.1) is 0 Å². The van der Waals surface area contributed by atoms with Crippen molar-refractivity contribution >= 4 is 17.5 Å². The minimum atomic E-state index is -0.383. The predicted molar refractivity (Wildman–Crippen MR) is 111 cm³/mol. The van der Waals surface area contributed by atoms with Crippen molar-refractivity contribution in [3.05, 3.63) is 64.5 Å². The maximum absolute atomic E-state index is 13.4. The Morgan fingerprint density at radius 1 is 1.43 bits per heavy atom. The quantitative estimate of drug-likeness (QED) is 0.594. The maximum Gasteiger partial charge on any atom is 0.253 e. The van der Waals surface area contributed by atoms with Crippen LogP contribution >= 0.6 is 11.6 Å². The molecule has 0 aliphatic heterocycles. The molecule has 0 bridgehead atoms. The number of nitrogens with one attached hydrogen (secondary N) is 2. The Kier molecular flexibility index (Phi) is 8.05. The molecule has 1 aliphatic carbocycles. The number of nitrogens with two attached hydrogens (primary N) is 1. The second-order valence-electron chi connectivity index (χ2n) is 7.19. The molecule has 0 spiro atoms. The SMILES string of the molecule is C=C/C(F)=C(C)\C=C(/N)NC[C@H]1CC[C@H](NC(=O)c2cc(Cl)cnc2C)CC1. The zero-order valence-electron chi connectivity index (χ0n) is 16.4. The average Bonchev–Trinajstić information content (AvgIpc) is 2.68. The van der Waals surface area contributed by atoms with Gasteiger partial charge in [0.1, 0.15) is 5.83 Å². The molecule has 1 saturated carbocycles. The van der Waals surface area contributed by atoms with E-state index in [4.69, 9.17) is 17.3 Å². The number of rotatable bonds is 7. The van der Waals surface area contributed by atoms with Gasteiger partial charge in [0.05, 0.1) is 22.1 Å². The summed E-state index contributed by atoms with van der Waals surface area (Å²) in [7, 11) is 0. The monoisotopic (exact) mass is 406 g/mol. The van der Waals surface area contributed by atoms with Crippen LogP contribution in [0.15, 0.2) is 48.2 Å². The number of carbonyl (C=O) groups is 1. The molecule has 4 N–H and O–H groups in total. The summed E-state index contributed by atoms with van der Waals surface area (Å²) in [6.07, 6.45) is 8.04. The van der Waals surface area contributed by atoms with Gasteiger partial charge in [-0.3, -0.25) is 9.78 Å². The topological polar surface area (TPSA) is 80.0 Å². The van der Waals surface area contributed by atoms with Crippen LogP contribution < -0.4 is 16.4 Å². The van der Waals surface area contributed by atoms with E-state index in [0.29, 0.717) is 33.6 Å². The first-order valence-electron chi connectivity index (χ1n) is 9.43. The van der Waals surface area contributed by atoms with Gasteiger partial charge in [0.15, 0.2) is 0 Å². The number of aryl methyl sites for hydroxylation is 1. The summed E-state index contributed by atoms with van der Waals surface area (Å²) in [6.45, 7) is 7.57. The summed E-state index contributed by atoms with van der Waals surface area (Å²) in [4.78, 5) is 16.6. The highest BCUT2D eigenvalue weighted by Gasteiger charge is 2.23. The Bertz CT molecular complexity index is 783. The molecule has 0 radical (unpaired) electrons. The summed E-state index contributed by atoms with van der Waals surface area (Å²) in [5.41, 5.74) is 7.54. The van der Waals surface area contributed by atoms with Crippen molar-refractivity contribution < 1.29 is 9.18 Å². The number of carbonyl (C=O) groups excluding carboxylic acids is 1. The van der Waals surface area contributed by atoms with E-state index in [9.17, 15) is 9.18 Å². The number of allylic oxidation sites excluding steroid dienone is 4. The van der Waals surface area contributed by atoms with Gasteiger partial charge in [0.25, 0.3) is 5.91 Å². The lowest BCUT2D eigenvalue weighted by Gasteiger charge is -2.29. The van der Waals surface area contributed by atoms with Crippen molar-refractivity contribution in [1.82, 2.24) is 15.6 Å². The van der Waals surface area contributed by atoms with Crippen LogP contribution in [0.2, 0.25) is 5.02 Å². The van der Waals surface area contributed by atoms with Gasteiger partial charge in [0.2, 0.25) is 0 Å². The molecule has 0 aromatic carbocycles.